The standard InChI is InChI=1S/C11H9BrClF2NO2/c12-8-3-6(13)1-2-9(8)16-5-7-4-11(14,15)10(17)18-7/h1-3,7,16H,4-5H2. The number of cyclic esters (lactones) is 1. The minimum atomic E-state index is -3.37. The van der Waals surface area contributed by atoms with Crippen LogP contribution >= 0.6 is 27.5 Å². The average Bonchev–Trinajstić information content (AvgIpc) is 2.51. The van der Waals surface area contributed by atoms with E-state index in [1.807, 2.05) is 0 Å². The van der Waals surface area contributed by atoms with Gasteiger partial charge in [0.2, 0.25) is 0 Å². The van der Waals surface area contributed by atoms with Crippen molar-refractivity contribution < 1.29 is 18.3 Å². The Bertz CT molecular complexity index is 484. The Morgan fingerprint density at radius 2 is 2.28 bits per heavy atom. The number of carbonyl (C=O) groups is 1. The highest BCUT2D eigenvalue weighted by atomic mass is 79.9. The molecule has 1 atom stereocenters. The van der Waals surface area contributed by atoms with Gasteiger partial charge in [-0.05, 0) is 34.1 Å². The average molecular weight is 341 g/mol. The molecule has 1 aromatic carbocycles. The van der Waals surface area contributed by atoms with Crippen molar-refractivity contribution in [3.63, 3.8) is 0 Å². The Labute approximate surface area is 116 Å². The van der Waals surface area contributed by atoms with Crippen LogP contribution in [0, 0.1) is 0 Å². The quantitative estimate of drug-likeness (QED) is 0.856. The van der Waals surface area contributed by atoms with Crippen molar-refractivity contribution in [3.8, 4) is 0 Å². The molecule has 98 valence electrons. The molecule has 0 radical (unpaired) electrons. The van der Waals surface area contributed by atoms with Crippen LogP contribution in [0.3, 0.4) is 0 Å². The van der Waals surface area contributed by atoms with E-state index in [1.165, 1.54) is 0 Å². The van der Waals surface area contributed by atoms with E-state index >= 15 is 0 Å². The summed E-state index contributed by atoms with van der Waals surface area (Å²) < 4.78 is 31.1. The first-order valence-electron chi connectivity index (χ1n) is 5.16. The summed E-state index contributed by atoms with van der Waals surface area (Å²) in [5, 5.41) is 3.49. The Balaban J connectivity index is 1.95. The summed E-state index contributed by atoms with van der Waals surface area (Å²) in [5.41, 5.74) is 0.700. The molecule has 0 amide bonds. The van der Waals surface area contributed by atoms with Crippen molar-refractivity contribution in [2.75, 3.05) is 11.9 Å². The van der Waals surface area contributed by atoms with Crippen LogP contribution < -0.4 is 5.32 Å². The summed E-state index contributed by atoms with van der Waals surface area (Å²) in [6.45, 7) is 0.127. The van der Waals surface area contributed by atoms with Gasteiger partial charge >= 0.3 is 11.9 Å². The molecular formula is C11H9BrClF2NO2. The van der Waals surface area contributed by atoms with E-state index in [1.54, 1.807) is 18.2 Å². The number of halogens is 4. The third-order valence-electron chi connectivity index (χ3n) is 2.51. The molecule has 2 rings (SSSR count). The predicted octanol–water partition coefficient (Wildman–Crippen LogP) is 3.47. The van der Waals surface area contributed by atoms with Gasteiger partial charge in [0.25, 0.3) is 0 Å². The molecule has 1 fully saturated rings. The summed E-state index contributed by atoms with van der Waals surface area (Å²) in [6.07, 6.45) is -1.42. The second-order valence-corrected chi connectivity index (χ2v) is 5.23. The van der Waals surface area contributed by atoms with Crippen LogP contribution in [0.5, 0.6) is 0 Å². The SMILES string of the molecule is O=C1OC(CNc2ccc(Cl)cc2Br)CC1(F)F. The van der Waals surface area contributed by atoms with E-state index in [0.29, 0.717) is 15.2 Å². The molecule has 3 nitrogen and oxygen atoms in total. The third kappa shape index (κ3) is 2.92. The molecule has 1 aromatic rings. The molecule has 0 aliphatic carbocycles. The first-order valence-corrected chi connectivity index (χ1v) is 6.33. The maximum atomic E-state index is 12.9. The zero-order chi connectivity index (χ0) is 13.3. The maximum absolute atomic E-state index is 12.9. The molecule has 18 heavy (non-hydrogen) atoms. The van der Waals surface area contributed by atoms with Crippen LogP contribution in [0.25, 0.3) is 0 Å². The number of benzene rings is 1. The molecule has 1 unspecified atom stereocenters. The number of anilines is 1. The van der Waals surface area contributed by atoms with Gasteiger partial charge in [0, 0.05) is 15.2 Å². The van der Waals surface area contributed by atoms with E-state index in [2.05, 4.69) is 26.0 Å². The number of nitrogens with one attached hydrogen (secondary N) is 1. The number of esters is 1. The summed E-state index contributed by atoms with van der Waals surface area (Å²) in [6, 6.07) is 5.06. The van der Waals surface area contributed by atoms with Gasteiger partial charge in [-0.15, -0.1) is 0 Å². The molecule has 0 aromatic heterocycles. The van der Waals surface area contributed by atoms with E-state index < -0.39 is 24.4 Å². The highest BCUT2D eigenvalue weighted by molar-refractivity contribution is 9.10. The van der Waals surface area contributed by atoms with Gasteiger partial charge in [0.05, 0.1) is 13.0 Å². The Kier molecular flexibility index (Phi) is 3.77. The molecule has 1 aliphatic heterocycles. The fourth-order valence-electron chi connectivity index (χ4n) is 1.62. The lowest BCUT2D eigenvalue weighted by molar-refractivity contribution is -0.158. The number of hydrogen-bond donors (Lipinski definition) is 1. The van der Waals surface area contributed by atoms with Crippen LogP contribution in [0.1, 0.15) is 6.42 Å². The van der Waals surface area contributed by atoms with E-state index in [0.717, 1.165) is 0 Å². The summed E-state index contributed by atoms with van der Waals surface area (Å²) in [4.78, 5) is 10.8. The Morgan fingerprint density at radius 3 is 2.83 bits per heavy atom. The maximum Gasteiger partial charge on any atom is 0.377 e. The van der Waals surface area contributed by atoms with E-state index in [9.17, 15) is 13.6 Å². The minimum Gasteiger partial charge on any atom is -0.456 e. The highest BCUT2D eigenvalue weighted by Gasteiger charge is 2.50. The van der Waals surface area contributed by atoms with Crippen LogP contribution in [-0.4, -0.2) is 24.5 Å². The second-order valence-electron chi connectivity index (χ2n) is 3.94. The number of alkyl halides is 2. The highest BCUT2D eigenvalue weighted by Crippen LogP contribution is 2.32. The molecule has 0 saturated carbocycles. The summed E-state index contributed by atoms with van der Waals surface area (Å²) in [5.74, 6) is -4.83. The lowest BCUT2D eigenvalue weighted by Crippen LogP contribution is -2.22. The fraction of sp³-hybridized carbons (Fsp3) is 0.364. The third-order valence-corrected chi connectivity index (χ3v) is 3.40. The van der Waals surface area contributed by atoms with Crippen molar-refractivity contribution >= 4 is 39.2 Å². The van der Waals surface area contributed by atoms with E-state index in [-0.39, 0.29) is 6.54 Å². The molecule has 0 bridgehead atoms. The summed E-state index contributed by atoms with van der Waals surface area (Å²) in [7, 11) is 0. The van der Waals surface area contributed by atoms with Crippen molar-refractivity contribution in [2.45, 2.75) is 18.4 Å². The Morgan fingerprint density at radius 1 is 1.56 bits per heavy atom. The van der Waals surface area contributed by atoms with Gasteiger partial charge < -0.3 is 10.1 Å². The molecule has 7 heteroatoms. The molecule has 0 spiro atoms. The van der Waals surface area contributed by atoms with Crippen molar-refractivity contribution in [2.24, 2.45) is 0 Å². The van der Waals surface area contributed by atoms with Crippen LogP contribution in [0.4, 0.5) is 14.5 Å². The summed E-state index contributed by atoms with van der Waals surface area (Å²) >= 11 is 9.06. The first-order chi connectivity index (χ1) is 8.38. The molecular weight excluding hydrogens is 331 g/mol. The van der Waals surface area contributed by atoms with Crippen molar-refractivity contribution in [1.29, 1.82) is 0 Å². The van der Waals surface area contributed by atoms with Crippen LogP contribution in [0.15, 0.2) is 22.7 Å². The first kappa shape index (κ1) is 13.5. The second kappa shape index (κ2) is 5.01. The van der Waals surface area contributed by atoms with Crippen LogP contribution in [-0.2, 0) is 9.53 Å². The number of hydrogen-bond acceptors (Lipinski definition) is 3. The predicted molar refractivity (Wildman–Crippen MR) is 67.1 cm³/mol. The zero-order valence-corrected chi connectivity index (χ0v) is 11.4. The van der Waals surface area contributed by atoms with Crippen LogP contribution in [0.2, 0.25) is 5.02 Å². The normalized spacial score (nSPS) is 21.8. The lowest BCUT2D eigenvalue weighted by atomic mass is 10.2. The molecule has 1 heterocycles. The van der Waals surface area contributed by atoms with Gasteiger partial charge in [0.1, 0.15) is 6.10 Å². The molecule has 1 saturated heterocycles. The molecule has 1 aliphatic rings. The number of carbonyl (C=O) groups excluding carboxylic acids is 1. The van der Waals surface area contributed by atoms with E-state index in [4.69, 9.17) is 11.6 Å². The monoisotopic (exact) mass is 339 g/mol. The largest absolute Gasteiger partial charge is 0.456 e. The Hall–Kier alpha value is -0.880. The number of ether oxygens (including phenoxy) is 1. The number of rotatable bonds is 3. The van der Waals surface area contributed by atoms with Gasteiger partial charge in [-0.25, -0.2) is 4.79 Å². The zero-order valence-electron chi connectivity index (χ0n) is 9.05. The molecule has 1 N–H and O–H groups in total. The van der Waals surface area contributed by atoms with Gasteiger partial charge in [0.15, 0.2) is 0 Å². The topological polar surface area (TPSA) is 38.3 Å². The van der Waals surface area contributed by atoms with Gasteiger partial charge in [-0.2, -0.15) is 8.78 Å². The van der Waals surface area contributed by atoms with Gasteiger partial charge in [-0.1, -0.05) is 11.6 Å². The fourth-order valence-corrected chi connectivity index (χ4v) is 2.44. The van der Waals surface area contributed by atoms with Gasteiger partial charge in [-0.3, -0.25) is 0 Å². The van der Waals surface area contributed by atoms with Crippen molar-refractivity contribution in [3.05, 3.63) is 27.7 Å². The minimum absolute atomic E-state index is 0.127. The lowest BCUT2D eigenvalue weighted by Gasteiger charge is -2.12. The van der Waals surface area contributed by atoms with Crippen molar-refractivity contribution in [1.82, 2.24) is 0 Å². The smallest absolute Gasteiger partial charge is 0.377 e.